The number of halogens is 2. The first-order valence-corrected chi connectivity index (χ1v) is 7.38. The molecule has 0 radical (unpaired) electrons. The van der Waals surface area contributed by atoms with Gasteiger partial charge in [0.05, 0.1) is 16.4 Å². The first kappa shape index (κ1) is 14.4. The van der Waals surface area contributed by atoms with Crippen LogP contribution in [0.2, 0.25) is 5.02 Å². The van der Waals surface area contributed by atoms with E-state index in [2.05, 4.69) is 11.8 Å². The van der Waals surface area contributed by atoms with Crippen molar-refractivity contribution in [2.24, 2.45) is 5.92 Å². The molecule has 0 atom stereocenters. The Morgan fingerprint density at radius 3 is 2.53 bits per heavy atom. The van der Waals surface area contributed by atoms with Crippen molar-refractivity contribution in [1.82, 2.24) is 0 Å². The van der Waals surface area contributed by atoms with E-state index in [0.717, 1.165) is 24.4 Å². The third-order valence-electron chi connectivity index (χ3n) is 4.39. The van der Waals surface area contributed by atoms with E-state index in [1.165, 1.54) is 31.4 Å². The zero-order valence-corrected chi connectivity index (χ0v) is 12.4. The van der Waals surface area contributed by atoms with Gasteiger partial charge in [-0.15, -0.1) is 0 Å². The lowest BCUT2D eigenvalue weighted by molar-refractivity contribution is 0.313. The van der Waals surface area contributed by atoms with Gasteiger partial charge >= 0.3 is 0 Å². The molecule has 106 valence electrons. The third kappa shape index (κ3) is 3.14. The van der Waals surface area contributed by atoms with E-state index in [-0.39, 0.29) is 5.02 Å². The highest BCUT2D eigenvalue weighted by Crippen LogP contribution is 2.35. The molecular weight excluding hydrogens is 263 g/mol. The lowest BCUT2D eigenvalue weighted by Crippen LogP contribution is -2.35. The molecule has 0 unspecified atom stereocenters. The molecule has 0 spiro atoms. The minimum Gasteiger partial charge on any atom is -0.397 e. The number of rotatable bonds is 3. The van der Waals surface area contributed by atoms with E-state index >= 15 is 0 Å². The summed E-state index contributed by atoms with van der Waals surface area (Å²) in [5.41, 5.74) is 7.26. The molecule has 4 heteroatoms. The molecular formula is C15H22ClFN2. The average molecular weight is 285 g/mol. The summed E-state index contributed by atoms with van der Waals surface area (Å²) in [7, 11) is 2.00. The topological polar surface area (TPSA) is 29.3 Å². The molecule has 1 aromatic carbocycles. The molecule has 1 aliphatic rings. The highest BCUT2D eigenvalue weighted by atomic mass is 35.5. The SMILES string of the molecule is CCC1CCC(N(C)c2cc(F)c(Cl)cc2N)CC1. The first-order chi connectivity index (χ1) is 9.02. The van der Waals surface area contributed by atoms with E-state index in [1.54, 1.807) is 0 Å². The van der Waals surface area contributed by atoms with Crippen LogP contribution in [0.15, 0.2) is 12.1 Å². The number of nitrogen functional groups attached to an aromatic ring is 1. The molecule has 1 fully saturated rings. The molecule has 2 rings (SSSR count). The van der Waals surface area contributed by atoms with Crippen molar-refractivity contribution < 1.29 is 4.39 Å². The Labute approximate surface area is 119 Å². The molecule has 0 aromatic heterocycles. The van der Waals surface area contributed by atoms with Crippen molar-refractivity contribution in [2.45, 2.75) is 45.1 Å². The molecule has 19 heavy (non-hydrogen) atoms. The van der Waals surface area contributed by atoms with Gasteiger partial charge in [-0.25, -0.2) is 4.39 Å². The predicted molar refractivity (Wildman–Crippen MR) is 80.3 cm³/mol. The summed E-state index contributed by atoms with van der Waals surface area (Å²) in [5, 5.41) is 0.0874. The number of hydrogen-bond donors (Lipinski definition) is 1. The normalized spacial score (nSPS) is 23.4. The maximum Gasteiger partial charge on any atom is 0.144 e. The lowest BCUT2D eigenvalue weighted by Gasteiger charge is -2.36. The van der Waals surface area contributed by atoms with Crippen molar-refractivity contribution in [3.05, 3.63) is 23.0 Å². The third-order valence-corrected chi connectivity index (χ3v) is 4.68. The van der Waals surface area contributed by atoms with Gasteiger partial charge in [0, 0.05) is 19.2 Å². The van der Waals surface area contributed by atoms with Crippen LogP contribution < -0.4 is 10.6 Å². The number of hydrogen-bond acceptors (Lipinski definition) is 2. The smallest absolute Gasteiger partial charge is 0.144 e. The molecule has 0 heterocycles. The minimum atomic E-state index is -0.403. The van der Waals surface area contributed by atoms with Gasteiger partial charge in [0.2, 0.25) is 0 Å². The highest BCUT2D eigenvalue weighted by Gasteiger charge is 2.24. The summed E-state index contributed by atoms with van der Waals surface area (Å²) in [5.74, 6) is 0.448. The van der Waals surface area contributed by atoms with Crippen LogP contribution in [0.5, 0.6) is 0 Å². The Morgan fingerprint density at radius 2 is 1.95 bits per heavy atom. The maximum atomic E-state index is 13.6. The number of nitrogens with zero attached hydrogens (tertiary/aromatic N) is 1. The zero-order chi connectivity index (χ0) is 14.0. The second kappa shape index (κ2) is 6.00. The van der Waals surface area contributed by atoms with Gasteiger partial charge in [-0.05, 0) is 37.7 Å². The summed E-state index contributed by atoms with van der Waals surface area (Å²) < 4.78 is 13.6. The van der Waals surface area contributed by atoms with Crippen LogP contribution in [0.25, 0.3) is 0 Å². The van der Waals surface area contributed by atoms with E-state index in [4.69, 9.17) is 17.3 Å². The van der Waals surface area contributed by atoms with Crippen molar-refractivity contribution in [3.63, 3.8) is 0 Å². The van der Waals surface area contributed by atoms with Crippen molar-refractivity contribution in [3.8, 4) is 0 Å². The quantitative estimate of drug-likeness (QED) is 0.830. The van der Waals surface area contributed by atoms with Crippen LogP contribution in [0, 0.1) is 11.7 Å². The molecule has 0 saturated heterocycles. The Bertz CT molecular complexity index is 442. The van der Waals surface area contributed by atoms with Crippen LogP contribution in [0.4, 0.5) is 15.8 Å². The van der Waals surface area contributed by atoms with Gasteiger partial charge in [0.25, 0.3) is 0 Å². The molecule has 2 N–H and O–H groups in total. The predicted octanol–water partition coefficient (Wildman–Crippen LogP) is 4.47. The monoisotopic (exact) mass is 284 g/mol. The van der Waals surface area contributed by atoms with Gasteiger partial charge in [0.15, 0.2) is 0 Å². The standard InChI is InChI=1S/C15H22ClFN2/c1-3-10-4-6-11(7-5-10)19(2)15-9-13(17)12(16)8-14(15)18/h8-11H,3-7,18H2,1-2H3. The van der Waals surface area contributed by atoms with Gasteiger partial charge in [-0.2, -0.15) is 0 Å². The van der Waals surface area contributed by atoms with Crippen LogP contribution in [-0.4, -0.2) is 13.1 Å². The summed E-state index contributed by atoms with van der Waals surface area (Å²) in [6.45, 7) is 2.25. The van der Waals surface area contributed by atoms with Crippen LogP contribution >= 0.6 is 11.6 Å². The minimum absolute atomic E-state index is 0.0874. The summed E-state index contributed by atoms with van der Waals surface area (Å²) >= 11 is 5.74. The van der Waals surface area contributed by atoms with Crippen molar-refractivity contribution >= 4 is 23.0 Å². The van der Waals surface area contributed by atoms with E-state index in [1.807, 2.05) is 7.05 Å². The zero-order valence-electron chi connectivity index (χ0n) is 11.6. The van der Waals surface area contributed by atoms with Crippen molar-refractivity contribution in [1.29, 1.82) is 0 Å². The lowest BCUT2D eigenvalue weighted by atomic mass is 9.84. The number of benzene rings is 1. The molecule has 1 aliphatic carbocycles. The second-order valence-corrected chi connectivity index (χ2v) is 5.93. The Hall–Kier alpha value is -0.960. The molecule has 1 saturated carbocycles. The average Bonchev–Trinajstić information content (AvgIpc) is 2.42. The Balaban J connectivity index is 2.12. The van der Waals surface area contributed by atoms with E-state index in [0.29, 0.717) is 11.7 Å². The molecule has 0 bridgehead atoms. The first-order valence-electron chi connectivity index (χ1n) is 7.00. The fourth-order valence-electron chi connectivity index (χ4n) is 2.99. The largest absolute Gasteiger partial charge is 0.397 e. The summed E-state index contributed by atoms with van der Waals surface area (Å²) in [4.78, 5) is 2.11. The Kier molecular flexibility index (Phi) is 4.56. The maximum absolute atomic E-state index is 13.6. The second-order valence-electron chi connectivity index (χ2n) is 5.52. The van der Waals surface area contributed by atoms with Crippen LogP contribution in [-0.2, 0) is 0 Å². The highest BCUT2D eigenvalue weighted by molar-refractivity contribution is 6.31. The van der Waals surface area contributed by atoms with Crippen molar-refractivity contribution in [2.75, 3.05) is 17.7 Å². The number of nitrogens with two attached hydrogens (primary N) is 1. The van der Waals surface area contributed by atoms with Gasteiger partial charge < -0.3 is 10.6 Å². The Morgan fingerprint density at radius 1 is 1.32 bits per heavy atom. The fourth-order valence-corrected chi connectivity index (χ4v) is 3.17. The molecule has 0 aliphatic heterocycles. The molecule has 0 amide bonds. The number of anilines is 2. The van der Waals surface area contributed by atoms with Crippen LogP contribution in [0.1, 0.15) is 39.0 Å². The molecule has 1 aromatic rings. The van der Waals surface area contributed by atoms with Gasteiger partial charge in [-0.1, -0.05) is 24.9 Å². The van der Waals surface area contributed by atoms with E-state index in [9.17, 15) is 4.39 Å². The van der Waals surface area contributed by atoms with Gasteiger partial charge in [0.1, 0.15) is 5.82 Å². The van der Waals surface area contributed by atoms with Crippen LogP contribution in [0.3, 0.4) is 0 Å². The van der Waals surface area contributed by atoms with Gasteiger partial charge in [-0.3, -0.25) is 0 Å². The summed E-state index contributed by atoms with van der Waals surface area (Å²) in [6.07, 6.45) is 6.06. The fraction of sp³-hybridized carbons (Fsp3) is 0.600. The molecule has 2 nitrogen and oxygen atoms in total. The summed E-state index contributed by atoms with van der Waals surface area (Å²) in [6, 6.07) is 3.40. The van der Waals surface area contributed by atoms with E-state index < -0.39 is 5.82 Å².